The second-order valence-corrected chi connectivity index (χ2v) is 8.78. The molecule has 1 amide bonds. The molecule has 0 aliphatic carbocycles. The molecule has 1 saturated heterocycles. The molecule has 0 N–H and O–H groups in total. The summed E-state index contributed by atoms with van der Waals surface area (Å²) in [5.41, 5.74) is 1.56. The van der Waals surface area contributed by atoms with Crippen molar-refractivity contribution in [2.75, 3.05) is 25.2 Å². The highest BCUT2D eigenvalue weighted by Crippen LogP contribution is 2.21. The van der Waals surface area contributed by atoms with Crippen LogP contribution in [0.3, 0.4) is 0 Å². The molecule has 1 fully saturated rings. The van der Waals surface area contributed by atoms with E-state index in [9.17, 15) is 13.2 Å². The largest absolute Gasteiger partial charge is 0.497 e. The molecule has 0 bridgehead atoms. The Balaban J connectivity index is 1.80. The second-order valence-electron chi connectivity index (χ2n) is 6.56. The van der Waals surface area contributed by atoms with Crippen LogP contribution in [0.25, 0.3) is 6.08 Å². The lowest BCUT2D eigenvalue weighted by molar-refractivity contribution is 0.0721. The number of rotatable bonds is 6. The minimum Gasteiger partial charge on any atom is -0.497 e. The Morgan fingerprint density at radius 1 is 1.15 bits per heavy atom. The molecule has 27 heavy (non-hydrogen) atoms. The zero-order chi connectivity index (χ0) is 19.3. The van der Waals surface area contributed by atoms with Gasteiger partial charge in [0.25, 0.3) is 5.91 Å². The Morgan fingerprint density at radius 3 is 2.44 bits per heavy atom. The molecule has 142 valence electrons. The van der Waals surface area contributed by atoms with Crippen molar-refractivity contribution >= 4 is 21.8 Å². The quantitative estimate of drug-likeness (QED) is 0.767. The van der Waals surface area contributed by atoms with Gasteiger partial charge in [0.15, 0.2) is 9.84 Å². The van der Waals surface area contributed by atoms with Gasteiger partial charge in [-0.2, -0.15) is 0 Å². The Bertz CT molecular complexity index is 905. The van der Waals surface area contributed by atoms with Crippen molar-refractivity contribution in [2.45, 2.75) is 12.5 Å². The number of carbonyl (C=O) groups excluding carboxylic acids is 1. The first-order chi connectivity index (χ1) is 13.0. The van der Waals surface area contributed by atoms with Gasteiger partial charge < -0.3 is 9.64 Å². The van der Waals surface area contributed by atoms with Gasteiger partial charge in [-0.1, -0.05) is 42.5 Å². The number of sulfone groups is 1. The molecule has 1 heterocycles. The van der Waals surface area contributed by atoms with Crippen molar-refractivity contribution in [3.63, 3.8) is 0 Å². The van der Waals surface area contributed by atoms with Crippen LogP contribution >= 0.6 is 0 Å². The van der Waals surface area contributed by atoms with Crippen molar-refractivity contribution in [2.24, 2.45) is 0 Å². The summed E-state index contributed by atoms with van der Waals surface area (Å²) in [7, 11) is -1.51. The molecule has 0 radical (unpaired) electrons. The minimum absolute atomic E-state index is 0.0219. The van der Waals surface area contributed by atoms with Crippen LogP contribution in [0.2, 0.25) is 0 Å². The van der Waals surface area contributed by atoms with Crippen molar-refractivity contribution < 1.29 is 17.9 Å². The maximum absolute atomic E-state index is 13.0. The van der Waals surface area contributed by atoms with Crippen LogP contribution in [0, 0.1) is 0 Å². The number of hydrogen-bond acceptors (Lipinski definition) is 4. The molecule has 1 aliphatic heterocycles. The first-order valence-electron chi connectivity index (χ1n) is 8.85. The van der Waals surface area contributed by atoms with Crippen LogP contribution in [0.1, 0.15) is 22.3 Å². The zero-order valence-corrected chi connectivity index (χ0v) is 16.1. The maximum atomic E-state index is 13.0. The highest BCUT2D eigenvalue weighted by molar-refractivity contribution is 7.91. The van der Waals surface area contributed by atoms with Crippen molar-refractivity contribution in [1.82, 2.24) is 4.90 Å². The highest BCUT2D eigenvalue weighted by atomic mass is 32.2. The molecule has 6 heteroatoms. The van der Waals surface area contributed by atoms with Gasteiger partial charge in [-0.05, 0) is 36.2 Å². The van der Waals surface area contributed by atoms with Gasteiger partial charge in [0.2, 0.25) is 0 Å². The SMILES string of the molecule is COc1ccc(C(=O)N(C/C=C/c2ccccc2)[C@@H]2CCS(=O)(=O)C2)cc1. The van der Waals surface area contributed by atoms with E-state index in [1.54, 1.807) is 36.3 Å². The number of amides is 1. The summed E-state index contributed by atoms with van der Waals surface area (Å²) >= 11 is 0. The number of hydrogen-bond donors (Lipinski definition) is 0. The third-order valence-corrected chi connectivity index (χ3v) is 6.41. The average Bonchev–Trinajstić information content (AvgIpc) is 3.05. The lowest BCUT2D eigenvalue weighted by Crippen LogP contribution is -2.41. The van der Waals surface area contributed by atoms with Crippen LogP contribution in [-0.4, -0.2) is 50.4 Å². The fraction of sp³-hybridized carbons (Fsp3) is 0.286. The van der Waals surface area contributed by atoms with E-state index in [4.69, 9.17) is 4.74 Å². The van der Waals surface area contributed by atoms with Gasteiger partial charge in [0.05, 0.1) is 18.6 Å². The monoisotopic (exact) mass is 385 g/mol. The van der Waals surface area contributed by atoms with Gasteiger partial charge in [0, 0.05) is 18.2 Å². The molecule has 1 aliphatic rings. The molecular formula is C21H23NO4S. The smallest absolute Gasteiger partial charge is 0.254 e. The van der Waals surface area contributed by atoms with Crippen LogP contribution < -0.4 is 4.74 Å². The van der Waals surface area contributed by atoms with E-state index in [0.29, 0.717) is 24.3 Å². The Labute approximate surface area is 160 Å². The predicted octanol–water partition coefficient (Wildman–Crippen LogP) is 3.04. The van der Waals surface area contributed by atoms with E-state index in [0.717, 1.165) is 5.56 Å². The fourth-order valence-electron chi connectivity index (χ4n) is 3.18. The Morgan fingerprint density at radius 2 is 1.85 bits per heavy atom. The summed E-state index contributed by atoms with van der Waals surface area (Å²) in [4.78, 5) is 14.7. The van der Waals surface area contributed by atoms with E-state index in [2.05, 4.69) is 0 Å². The summed E-state index contributed by atoms with van der Waals surface area (Å²) in [6.07, 6.45) is 4.32. The van der Waals surface area contributed by atoms with Crippen LogP contribution in [0.4, 0.5) is 0 Å². The molecule has 2 aromatic rings. The first kappa shape index (κ1) is 19.2. The van der Waals surface area contributed by atoms with Crippen molar-refractivity contribution in [3.8, 4) is 5.75 Å². The van der Waals surface area contributed by atoms with Gasteiger partial charge in [-0.15, -0.1) is 0 Å². The lowest BCUT2D eigenvalue weighted by Gasteiger charge is -2.27. The van der Waals surface area contributed by atoms with Crippen molar-refractivity contribution in [3.05, 3.63) is 71.8 Å². The fourth-order valence-corrected chi connectivity index (χ4v) is 4.92. The van der Waals surface area contributed by atoms with Crippen LogP contribution in [0.15, 0.2) is 60.7 Å². The zero-order valence-electron chi connectivity index (χ0n) is 15.2. The van der Waals surface area contributed by atoms with Gasteiger partial charge >= 0.3 is 0 Å². The number of ether oxygens (including phenoxy) is 1. The van der Waals surface area contributed by atoms with Crippen LogP contribution in [0.5, 0.6) is 5.75 Å². The molecule has 0 saturated carbocycles. The third-order valence-electron chi connectivity index (χ3n) is 4.66. The van der Waals surface area contributed by atoms with E-state index >= 15 is 0 Å². The normalized spacial score (nSPS) is 18.5. The molecule has 0 spiro atoms. The summed E-state index contributed by atoms with van der Waals surface area (Å²) in [5.74, 6) is 0.656. The molecule has 1 atom stereocenters. The van der Waals surface area contributed by atoms with E-state index in [1.165, 1.54) is 0 Å². The van der Waals surface area contributed by atoms with E-state index < -0.39 is 9.84 Å². The molecule has 5 nitrogen and oxygen atoms in total. The number of methoxy groups -OCH3 is 1. The van der Waals surface area contributed by atoms with Crippen LogP contribution in [-0.2, 0) is 9.84 Å². The maximum Gasteiger partial charge on any atom is 0.254 e. The molecule has 3 rings (SSSR count). The van der Waals surface area contributed by atoms with Crippen molar-refractivity contribution in [1.29, 1.82) is 0 Å². The Hall–Kier alpha value is -2.60. The summed E-state index contributed by atoms with van der Waals surface area (Å²) < 4.78 is 29.0. The Kier molecular flexibility index (Phi) is 5.96. The lowest BCUT2D eigenvalue weighted by atomic mass is 10.1. The molecule has 0 unspecified atom stereocenters. The standard InChI is InChI=1S/C21H23NO4S/c1-26-20-11-9-18(10-12-20)21(23)22(19-13-15-27(24,25)16-19)14-5-8-17-6-3-2-4-7-17/h2-12,19H,13-16H2,1H3/b8-5+/t19-/m1/s1. The predicted molar refractivity (Wildman–Crippen MR) is 107 cm³/mol. The van der Waals surface area contributed by atoms with Gasteiger partial charge in [0.1, 0.15) is 5.75 Å². The summed E-state index contributed by atoms with van der Waals surface area (Å²) in [5, 5.41) is 0. The number of benzene rings is 2. The van der Waals surface area contributed by atoms with E-state index in [1.807, 2.05) is 42.5 Å². The molecule has 2 aromatic carbocycles. The molecule has 0 aromatic heterocycles. The number of nitrogens with zero attached hydrogens (tertiary/aromatic N) is 1. The highest BCUT2D eigenvalue weighted by Gasteiger charge is 2.34. The summed E-state index contributed by atoms with van der Waals surface area (Å²) in [6.45, 7) is 0.361. The minimum atomic E-state index is -3.08. The summed E-state index contributed by atoms with van der Waals surface area (Å²) in [6, 6.07) is 16.4. The average molecular weight is 385 g/mol. The number of carbonyl (C=O) groups is 1. The second kappa shape index (κ2) is 8.39. The van der Waals surface area contributed by atoms with Gasteiger partial charge in [-0.25, -0.2) is 8.42 Å². The van der Waals surface area contributed by atoms with E-state index in [-0.39, 0.29) is 23.5 Å². The molecular weight excluding hydrogens is 362 g/mol. The topological polar surface area (TPSA) is 63.7 Å². The third kappa shape index (κ3) is 4.98. The first-order valence-corrected chi connectivity index (χ1v) is 10.7. The van der Waals surface area contributed by atoms with Gasteiger partial charge in [-0.3, -0.25) is 4.79 Å².